The highest BCUT2D eigenvalue weighted by atomic mass is 19.4. The Labute approximate surface area is 125 Å². The largest absolute Gasteiger partial charge is 0.490 e. The number of hydrogen-bond donors (Lipinski definition) is 0. The molecule has 4 nitrogen and oxygen atoms in total. The zero-order valence-electron chi connectivity index (χ0n) is 11.9. The molecular formula is C15H17F3O4. The molecule has 2 unspecified atom stereocenters. The van der Waals surface area contributed by atoms with Gasteiger partial charge in [-0.2, -0.15) is 13.2 Å². The van der Waals surface area contributed by atoms with Crippen LogP contribution in [-0.4, -0.2) is 29.3 Å². The van der Waals surface area contributed by atoms with Crippen molar-refractivity contribution in [1.82, 2.24) is 0 Å². The van der Waals surface area contributed by atoms with E-state index in [1.165, 1.54) is 0 Å². The standard InChI is InChI=1S/C15H17F3O4/c1-2-11(19)21-13-4-9-3-10(5-13)7-14(6-9,8-13)22-12(20)15(16,17)18/h2,9-10H,1,3-8H2. The van der Waals surface area contributed by atoms with Crippen molar-refractivity contribution in [2.75, 3.05) is 0 Å². The van der Waals surface area contributed by atoms with Crippen molar-refractivity contribution < 1.29 is 32.2 Å². The molecule has 4 aliphatic carbocycles. The topological polar surface area (TPSA) is 52.6 Å². The maximum Gasteiger partial charge on any atom is 0.490 e. The predicted molar refractivity (Wildman–Crippen MR) is 68.6 cm³/mol. The number of rotatable bonds is 3. The van der Waals surface area contributed by atoms with Gasteiger partial charge >= 0.3 is 18.1 Å². The van der Waals surface area contributed by atoms with Crippen molar-refractivity contribution in [1.29, 1.82) is 0 Å². The van der Waals surface area contributed by atoms with E-state index >= 15 is 0 Å². The minimum Gasteiger partial charge on any atom is -0.456 e. The van der Waals surface area contributed by atoms with Gasteiger partial charge in [0, 0.05) is 12.5 Å². The molecule has 22 heavy (non-hydrogen) atoms. The van der Waals surface area contributed by atoms with Crippen molar-refractivity contribution in [3.8, 4) is 0 Å². The number of hydrogen-bond acceptors (Lipinski definition) is 4. The molecule has 4 bridgehead atoms. The predicted octanol–water partition coefficient (Wildman–Crippen LogP) is 2.91. The van der Waals surface area contributed by atoms with Crippen LogP contribution >= 0.6 is 0 Å². The fraction of sp³-hybridized carbons (Fsp3) is 0.733. The molecule has 7 heteroatoms. The Bertz CT molecular complexity index is 511. The van der Waals surface area contributed by atoms with E-state index in [1.807, 2.05) is 0 Å². The minimum absolute atomic E-state index is 0.125. The van der Waals surface area contributed by atoms with Gasteiger partial charge in [-0.3, -0.25) is 0 Å². The zero-order valence-corrected chi connectivity index (χ0v) is 11.9. The molecule has 0 aromatic carbocycles. The van der Waals surface area contributed by atoms with E-state index in [4.69, 9.17) is 9.47 Å². The first-order valence-electron chi connectivity index (χ1n) is 7.31. The molecule has 0 amide bonds. The van der Waals surface area contributed by atoms with E-state index < -0.39 is 29.3 Å². The summed E-state index contributed by atoms with van der Waals surface area (Å²) in [5, 5.41) is 0. The average Bonchev–Trinajstić information content (AvgIpc) is 2.34. The van der Waals surface area contributed by atoms with Crippen LogP contribution in [0.15, 0.2) is 12.7 Å². The summed E-state index contributed by atoms with van der Waals surface area (Å²) in [6.45, 7) is 3.35. The Morgan fingerprint density at radius 2 is 1.55 bits per heavy atom. The lowest BCUT2D eigenvalue weighted by Crippen LogP contribution is -2.62. The second kappa shape index (κ2) is 4.73. The van der Waals surface area contributed by atoms with Gasteiger partial charge in [0.05, 0.1) is 0 Å². The number of ether oxygens (including phenoxy) is 2. The Kier molecular flexibility index (Phi) is 3.30. The molecule has 2 atom stereocenters. The van der Waals surface area contributed by atoms with Crippen LogP contribution < -0.4 is 0 Å². The van der Waals surface area contributed by atoms with E-state index in [0.29, 0.717) is 25.7 Å². The van der Waals surface area contributed by atoms with Crippen LogP contribution in [0.1, 0.15) is 38.5 Å². The van der Waals surface area contributed by atoms with Gasteiger partial charge in [-0.25, -0.2) is 9.59 Å². The molecule has 0 aliphatic heterocycles. The van der Waals surface area contributed by atoms with Crippen molar-refractivity contribution in [2.24, 2.45) is 11.8 Å². The van der Waals surface area contributed by atoms with Gasteiger partial charge in [0.2, 0.25) is 0 Å². The molecule has 0 spiro atoms. The van der Waals surface area contributed by atoms with Crippen LogP contribution in [0.4, 0.5) is 13.2 Å². The number of esters is 2. The first-order chi connectivity index (χ1) is 10.2. The van der Waals surface area contributed by atoms with Crippen molar-refractivity contribution in [3.05, 3.63) is 12.7 Å². The summed E-state index contributed by atoms with van der Waals surface area (Å²) in [6.07, 6.45) is -0.853. The highest BCUT2D eigenvalue weighted by Crippen LogP contribution is 2.60. The molecule has 4 rings (SSSR count). The van der Waals surface area contributed by atoms with Crippen molar-refractivity contribution in [3.63, 3.8) is 0 Å². The maximum absolute atomic E-state index is 12.5. The molecule has 0 aromatic heterocycles. The van der Waals surface area contributed by atoms with E-state index in [0.717, 1.165) is 12.5 Å². The minimum atomic E-state index is -5.01. The van der Waals surface area contributed by atoms with Gasteiger partial charge < -0.3 is 9.47 Å². The SMILES string of the molecule is C=CC(=O)OC12CC3CC(C1)CC(OC(=O)C(F)(F)F)(C3)C2. The molecule has 0 N–H and O–H groups in total. The van der Waals surface area contributed by atoms with Crippen LogP contribution in [0.2, 0.25) is 0 Å². The van der Waals surface area contributed by atoms with Crippen molar-refractivity contribution >= 4 is 11.9 Å². The first kappa shape index (κ1) is 15.4. The van der Waals surface area contributed by atoms with Crippen LogP contribution in [-0.2, 0) is 19.1 Å². The molecule has 0 saturated heterocycles. The summed E-state index contributed by atoms with van der Waals surface area (Å²) in [6, 6.07) is 0. The van der Waals surface area contributed by atoms with E-state index in [2.05, 4.69) is 6.58 Å². The van der Waals surface area contributed by atoms with Gasteiger partial charge in [0.25, 0.3) is 0 Å². The Morgan fingerprint density at radius 1 is 1.05 bits per heavy atom. The zero-order chi connectivity index (χ0) is 16.2. The molecule has 0 radical (unpaired) electrons. The lowest BCUT2D eigenvalue weighted by atomic mass is 9.52. The van der Waals surface area contributed by atoms with E-state index in [9.17, 15) is 22.8 Å². The van der Waals surface area contributed by atoms with Gasteiger partial charge in [-0.05, 0) is 43.9 Å². The van der Waals surface area contributed by atoms with Crippen LogP contribution in [0, 0.1) is 11.8 Å². The Balaban J connectivity index is 1.83. The Morgan fingerprint density at radius 3 is 2.00 bits per heavy atom. The highest BCUT2D eigenvalue weighted by Gasteiger charge is 2.62. The quantitative estimate of drug-likeness (QED) is 0.593. The summed E-state index contributed by atoms with van der Waals surface area (Å²) in [7, 11) is 0. The number of alkyl halides is 3. The van der Waals surface area contributed by atoms with Crippen LogP contribution in [0.5, 0.6) is 0 Å². The molecule has 122 valence electrons. The van der Waals surface area contributed by atoms with Crippen molar-refractivity contribution in [2.45, 2.75) is 55.9 Å². The number of carbonyl (C=O) groups is 2. The molecule has 4 fully saturated rings. The molecule has 4 aliphatic rings. The highest BCUT2D eigenvalue weighted by molar-refractivity contribution is 5.81. The summed E-state index contributed by atoms with van der Waals surface area (Å²) < 4.78 is 47.9. The van der Waals surface area contributed by atoms with E-state index in [1.54, 1.807) is 0 Å². The number of carbonyl (C=O) groups excluding carboxylic acids is 2. The second-order valence-corrected chi connectivity index (χ2v) is 6.84. The van der Waals surface area contributed by atoms with Gasteiger partial charge in [-0.15, -0.1) is 0 Å². The third kappa shape index (κ3) is 2.61. The lowest BCUT2D eigenvalue weighted by molar-refractivity contribution is -0.251. The maximum atomic E-state index is 12.5. The fourth-order valence-corrected chi connectivity index (χ4v) is 4.84. The summed E-state index contributed by atoms with van der Waals surface area (Å²) in [4.78, 5) is 22.8. The van der Waals surface area contributed by atoms with Gasteiger partial charge in [-0.1, -0.05) is 6.58 Å². The molecular weight excluding hydrogens is 301 g/mol. The third-order valence-corrected chi connectivity index (χ3v) is 4.98. The number of halogens is 3. The summed E-state index contributed by atoms with van der Waals surface area (Å²) in [5.41, 5.74) is -1.97. The first-order valence-corrected chi connectivity index (χ1v) is 7.31. The third-order valence-electron chi connectivity index (χ3n) is 4.98. The molecule has 0 aromatic rings. The second-order valence-electron chi connectivity index (χ2n) is 6.84. The average molecular weight is 318 g/mol. The van der Waals surface area contributed by atoms with Gasteiger partial charge in [0.15, 0.2) is 0 Å². The molecule has 0 heterocycles. The smallest absolute Gasteiger partial charge is 0.456 e. The monoisotopic (exact) mass is 318 g/mol. The van der Waals surface area contributed by atoms with Crippen LogP contribution in [0.3, 0.4) is 0 Å². The molecule has 4 saturated carbocycles. The van der Waals surface area contributed by atoms with E-state index in [-0.39, 0.29) is 18.3 Å². The summed E-state index contributed by atoms with van der Waals surface area (Å²) in [5.74, 6) is -2.49. The normalized spacial score (nSPS) is 39.4. The fourth-order valence-electron chi connectivity index (χ4n) is 4.84. The summed E-state index contributed by atoms with van der Waals surface area (Å²) >= 11 is 0. The lowest BCUT2D eigenvalue weighted by Gasteiger charge is -2.60. The van der Waals surface area contributed by atoms with Gasteiger partial charge in [0.1, 0.15) is 11.2 Å². The van der Waals surface area contributed by atoms with Crippen LogP contribution in [0.25, 0.3) is 0 Å². The Hall–Kier alpha value is -1.53.